The maximum absolute atomic E-state index is 13.6. The predicted molar refractivity (Wildman–Crippen MR) is 115 cm³/mol. The minimum Gasteiger partial charge on any atom is -0.369 e. The molecule has 9 heteroatoms. The fourth-order valence-electron chi connectivity index (χ4n) is 3.52. The first kappa shape index (κ1) is 19.7. The second-order valence-corrected chi connectivity index (χ2v) is 9.03. The Kier molecular flexibility index (Phi) is 5.18. The van der Waals surface area contributed by atoms with Gasteiger partial charge in [0.2, 0.25) is 11.8 Å². The highest BCUT2D eigenvalue weighted by molar-refractivity contribution is 7.99. The van der Waals surface area contributed by atoms with Crippen LogP contribution in [0.3, 0.4) is 0 Å². The second kappa shape index (κ2) is 7.64. The Hall–Kier alpha value is -2.65. The number of benzene rings is 1. The van der Waals surface area contributed by atoms with E-state index in [4.69, 9.17) is 10.7 Å². The van der Waals surface area contributed by atoms with Crippen molar-refractivity contribution in [2.24, 2.45) is 5.73 Å². The van der Waals surface area contributed by atoms with Gasteiger partial charge in [0, 0.05) is 18.3 Å². The molecule has 1 aliphatic rings. The molecule has 150 valence electrons. The predicted octanol–water partition coefficient (Wildman–Crippen LogP) is 2.24. The van der Waals surface area contributed by atoms with Gasteiger partial charge in [-0.1, -0.05) is 23.9 Å². The molecule has 3 aromatic rings. The van der Waals surface area contributed by atoms with Crippen molar-refractivity contribution in [2.45, 2.75) is 32.0 Å². The van der Waals surface area contributed by atoms with Crippen molar-refractivity contribution in [3.8, 4) is 5.69 Å². The summed E-state index contributed by atoms with van der Waals surface area (Å²) in [7, 11) is 0. The van der Waals surface area contributed by atoms with Crippen LogP contribution in [0.15, 0.2) is 34.2 Å². The lowest BCUT2D eigenvalue weighted by Crippen LogP contribution is -2.34. The number of amides is 2. The van der Waals surface area contributed by atoms with Crippen LogP contribution < -0.4 is 11.3 Å². The molecule has 29 heavy (non-hydrogen) atoms. The van der Waals surface area contributed by atoms with E-state index >= 15 is 0 Å². The van der Waals surface area contributed by atoms with Crippen molar-refractivity contribution in [1.29, 1.82) is 0 Å². The number of nitrogens with zero attached hydrogens (tertiary/aromatic N) is 3. The van der Waals surface area contributed by atoms with Crippen LogP contribution in [0.2, 0.25) is 0 Å². The standard InChI is InChI=1S/C20H20N4O3S2/c1-11-4-3-5-13(8-11)24-19(27)17-14-6-7-23(12(2)25)9-15(14)29-18(17)22-20(24)28-10-16(21)26/h3-5,8H,6-7,9-10H2,1-2H3,(H2,21,26). The van der Waals surface area contributed by atoms with Crippen LogP contribution in [0.5, 0.6) is 0 Å². The first-order valence-corrected chi connectivity index (χ1v) is 11.0. The smallest absolute Gasteiger partial charge is 0.267 e. The summed E-state index contributed by atoms with van der Waals surface area (Å²) in [5.41, 5.74) is 7.87. The average molecular weight is 429 g/mol. The van der Waals surface area contributed by atoms with Gasteiger partial charge in [-0.15, -0.1) is 11.3 Å². The van der Waals surface area contributed by atoms with Gasteiger partial charge in [-0.05, 0) is 36.6 Å². The number of aromatic nitrogens is 2. The highest BCUT2D eigenvalue weighted by Crippen LogP contribution is 2.34. The van der Waals surface area contributed by atoms with Crippen molar-refractivity contribution >= 4 is 45.1 Å². The molecule has 7 nitrogen and oxygen atoms in total. The van der Waals surface area contributed by atoms with Crippen LogP contribution in [0.1, 0.15) is 22.9 Å². The van der Waals surface area contributed by atoms with E-state index in [1.165, 1.54) is 11.3 Å². The highest BCUT2D eigenvalue weighted by Gasteiger charge is 2.26. The number of hydrogen-bond acceptors (Lipinski definition) is 6. The lowest BCUT2D eigenvalue weighted by Gasteiger charge is -2.25. The Morgan fingerprint density at radius 2 is 2.14 bits per heavy atom. The lowest BCUT2D eigenvalue weighted by atomic mass is 10.1. The zero-order valence-electron chi connectivity index (χ0n) is 16.1. The third kappa shape index (κ3) is 3.67. The molecule has 2 N–H and O–H groups in total. The molecule has 0 atom stereocenters. The molecule has 3 heterocycles. The van der Waals surface area contributed by atoms with E-state index in [-0.39, 0.29) is 17.2 Å². The summed E-state index contributed by atoms with van der Waals surface area (Å²) in [5.74, 6) is -0.411. The Balaban J connectivity index is 1.93. The van der Waals surface area contributed by atoms with Gasteiger partial charge in [-0.25, -0.2) is 4.98 Å². The van der Waals surface area contributed by atoms with Crippen molar-refractivity contribution < 1.29 is 9.59 Å². The Bertz CT molecular complexity index is 1200. The number of aryl methyl sites for hydroxylation is 1. The van der Waals surface area contributed by atoms with E-state index < -0.39 is 5.91 Å². The van der Waals surface area contributed by atoms with Gasteiger partial charge in [0.1, 0.15) is 4.83 Å². The minimum absolute atomic E-state index is 0.0240. The van der Waals surface area contributed by atoms with Gasteiger partial charge in [0.25, 0.3) is 5.56 Å². The van der Waals surface area contributed by atoms with E-state index in [0.717, 1.165) is 27.8 Å². The van der Waals surface area contributed by atoms with E-state index in [1.54, 1.807) is 16.4 Å². The molecule has 1 aliphatic heterocycles. The van der Waals surface area contributed by atoms with E-state index in [2.05, 4.69) is 0 Å². The summed E-state index contributed by atoms with van der Waals surface area (Å²) in [6.07, 6.45) is 0.632. The Morgan fingerprint density at radius 3 is 2.83 bits per heavy atom. The molecule has 2 amide bonds. The molecule has 2 aromatic heterocycles. The molecule has 4 rings (SSSR count). The van der Waals surface area contributed by atoms with Crippen LogP contribution >= 0.6 is 23.1 Å². The molecule has 0 fully saturated rings. The van der Waals surface area contributed by atoms with Crippen molar-refractivity contribution in [2.75, 3.05) is 12.3 Å². The molecule has 0 saturated heterocycles. The van der Waals surface area contributed by atoms with Gasteiger partial charge in [-0.3, -0.25) is 19.0 Å². The molecule has 0 saturated carbocycles. The Labute approximate surface area is 175 Å². The third-order valence-corrected chi connectivity index (χ3v) is 6.96. The van der Waals surface area contributed by atoms with Crippen LogP contribution in [0, 0.1) is 6.92 Å². The topological polar surface area (TPSA) is 98.3 Å². The molecular weight excluding hydrogens is 408 g/mol. The molecule has 0 spiro atoms. The molecule has 0 unspecified atom stereocenters. The summed E-state index contributed by atoms with van der Waals surface area (Å²) in [6, 6.07) is 7.61. The number of hydrogen-bond donors (Lipinski definition) is 1. The summed E-state index contributed by atoms with van der Waals surface area (Å²) in [5, 5.41) is 1.05. The van der Waals surface area contributed by atoms with Crippen molar-refractivity contribution in [1.82, 2.24) is 14.5 Å². The molecule has 0 aliphatic carbocycles. The number of thioether (sulfide) groups is 1. The number of fused-ring (bicyclic) bond motifs is 3. The quantitative estimate of drug-likeness (QED) is 0.508. The van der Waals surface area contributed by atoms with Crippen LogP contribution in [0.4, 0.5) is 0 Å². The van der Waals surface area contributed by atoms with E-state index in [0.29, 0.717) is 40.6 Å². The maximum atomic E-state index is 13.6. The number of thiophene rings is 1. The monoisotopic (exact) mass is 428 g/mol. The summed E-state index contributed by atoms with van der Waals surface area (Å²) >= 11 is 2.60. The molecule has 0 radical (unpaired) electrons. The zero-order chi connectivity index (χ0) is 20.7. The SMILES string of the molecule is CC(=O)N1CCc2c(sc3nc(SCC(N)=O)n(-c4cccc(C)c4)c(=O)c23)C1. The number of carbonyl (C=O) groups excluding carboxylic acids is 2. The highest BCUT2D eigenvalue weighted by atomic mass is 32.2. The molecule has 0 bridgehead atoms. The second-order valence-electron chi connectivity index (χ2n) is 7.00. The zero-order valence-corrected chi connectivity index (χ0v) is 17.7. The molecular formula is C20H20N4O3S2. The van der Waals surface area contributed by atoms with Gasteiger partial charge >= 0.3 is 0 Å². The number of carbonyl (C=O) groups is 2. The van der Waals surface area contributed by atoms with Gasteiger partial charge < -0.3 is 10.6 Å². The minimum atomic E-state index is -0.470. The Morgan fingerprint density at radius 1 is 1.34 bits per heavy atom. The van der Waals surface area contributed by atoms with Crippen LogP contribution in [0.25, 0.3) is 15.9 Å². The van der Waals surface area contributed by atoms with Gasteiger partial charge in [0.05, 0.1) is 23.4 Å². The lowest BCUT2D eigenvalue weighted by molar-refractivity contribution is -0.129. The van der Waals surface area contributed by atoms with Gasteiger partial charge in [0.15, 0.2) is 5.16 Å². The fraction of sp³-hybridized carbons (Fsp3) is 0.300. The van der Waals surface area contributed by atoms with E-state index in [9.17, 15) is 14.4 Å². The van der Waals surface area contributed by atoms with Crippen molar-refractivity contribution in [3.63, 3.8) is 0 Å². The van der Waals surface area contributed by atoms with Gasteiger partial charge in [-0.2, -0.15) is 0 Å². The third-order valence-electron chi connectivity index (χ3n) is 4.89. The number of primary amides is 1. The maximum Gasteiger partial charge on any atom is 0.267 e. The first-order valence-electron chi connectivity index (χ1n) is 9.16. The molecule has 1 aromatic carbocycles. The largest absolute Gasteiger partial charge is 0.369 e. The number of nitrogens with two attached hydrogens (primary N) is 1. The van der Waals surface area contributed by atoms with Crippen LogP contribution in [-0.4, -0.2) is 38.6 Å². The fourth-order valence-corrected chi connectivity index (χ4v) is 5.55. The summed E-state index contributed by atoms with van der Waals surface area (Å²) < 4.78 is 1.56. The first-order chi connectivity index (χ1) is 13.8. The summed E-state index contributed by atoms with van der Waals surface area (Å²) in [4.78, 5) is 44.8. The van der Waals surface area contributed by atoms with Crippen LogP contribution in [-0.2, 0) is 22.6 Å². The average Bonchev–Trinajstić information content (AvgIpc) is 3.04. The normalized spacial score (nSPS) is 13.5. The van der Waals surface area contributed by atoms with E-state index in [1.807, 2.05) is 31.2 Å². The number of rotatable bonds is 4. The van der Waals surface area contributed by atoms with Crippen molar-refractivity contribution in [3.05, 3.63) is 50.6 Å². The summed E-state index contributed by atoms with van der Waals surface area (Å²) in [6.45, 7) is 4.61.